The van der Waals surface area contributed by atoms with Gasteiger partial charge in [-0.1, -0.05) is 42.4 Å². The molecule has 156 valence electrons. The molecule has 7 heteroatoms. The molecule has 0 spiro atoms. The quantitative estimate of drug-likeness (QED) is 0.570. The second-order valence-corrected chi connectivity index (χ2v) is 7.84. The number of nitrogens with one attached hydrogen (secondary N) is 1. The minimum atomic E-state index is -0.637. The molecule has 1 fully saturated rings. The largest absolute Gasteiger partial charge is 0.380 e. The molecule has 1 aliphatic rings. The fourth-order valence-corrected chi connectivity index (χ4v) is 3.02. The van der Waals surface area contributed by atoms with Gasteiger partial charge in [0.05, 0.1) is 22.7 Å². The highest BCUT2D eigenvalue weighted by Crippen LogP contribution is 2.20. The zero-order chi connectivity index (χ0) is 21.6. The van der Waals surface area contributed by atoms with Crippen molar-refractivity contribution in [2.45, 2.75) is 32.4 Å². The number of allylic oxidation sites excluding steroid dienone is 4. The van der Waals surface area contributed by atoms with Gasteiger partial charge in [-0.05, 0) is 49.9 Å². The summed E-state index contributed by atoms with van der Waals surface area (Å²) in [7, 11) is 0. The van der Waals surface area contributed by atoms with E-state index in [0.717, 1.165) is 42.2 Å². The average molecular weight is 439 g/mol. The maximum absolute atomic E-state index is 12.5. The van der Waals surface area contributed by atoms with Crippen LogP contribution in [0.5, 0.6) is 0 Å². The molecule has 0 aliphatic carbocycles. The van der Waals surface area contributed by atoms with E-state index in [1.54, 1.807) is 4.57 Å². The van der Waals surface area contributed by atoms with Gasteiger partial charge in [0.2, 0.25) is 0 Å². The van der Waals surface area contributed by atoms with Gasteiger partial charge in [0.1, 0.15) is 5.83 Å². The highest BCUT2D eigenvalue weighted by atomic mass is 35.5. The topological polar surface area (TPSA) is 43.3 Å². The molecule has 1 N–H and O–H groups in total. The van der Waals surface area contributed by atoms with Crippen molar-refractivity contribution >= 4 is 39.7 Å². The van der Waals surface area contributed by atoms with Crippen LogP contribution < -0.4 is 10.9 Å². The van der Waals surface area contributed by atoms with Crippen molar-refractivity contribution in [2.24, 2.45) is 0 Å². The van der Waals surface area contributed by atoms with Crippen LogP contribution in [0.15, 0.2) is 70.4 Å². The smallest absolute Gasteiger partial charge is 0.258 e. The Bertz CT molecular complexity index is 976. The molecule has 0 amide bonds. The second kappa shape index (κ2) is 10.6. The number of halogens is 3. The van der Waals surface area contributed by atoms with Crippen LogP contribution in [0.2, 0.25) is 0 Å². The first kappa shape index (κ1) is 23.2. The summed E-state index contributed by atoms with van der Waals surface area (Å²) in [4.78, 5) is 12.5. The maximum Gasteiger partial charge on any atom is 0.258 e. The number of rotatable bonds is 5. The Morgan fingerprint density at radius 2 is 2.07 bits per heavy atom. The van der Waals surface area contributed by atoms with Gasteiger partial charge in [0, 0.05) is 29.9 Å². The molecule has 0 saturated carbocycles. The van der Waals surface area contributed by atoms with E-state index in [1.807, 2.05) is 44.3 Å². The van der Waals surface area contributed by atoms with Crippen LogP contribution in [0.1, 0.15) is 26.3 Å². The molecule has 1 aromatic carbocycles. The highest BCUT2D eigenvalue weighted by molar-refractivity contribution is 6.43. The number of aromatic nitrogens is 1. The van der Waals surface area contributed by atoms with Gasteiger partial charge >= 0.3 is 0 Å². The first-order valence-corrected chi connectivity index (χ1v) is 10.00. The van der Waals surface area contributed by atoms with Crippen molar-refractivity contribution in [1.29, 1.82) is 0 Å². The van der Waals surface area contributed by atoms with Crippen LogP contribution in [-0.2, 0) is 4.74 Å². The van der Waals surface area contributed by atoms with Crippen LogP contribution in [0.25, 0.3) is 10.8 Å². The third kappa shape index (κ3) is 6.74. The summed E-state index contributed by atoms with van der Waals surface area (Å²) in [5, 5.41) is 5.37. The molecule has 0 bridgehead atoms. The second-order valence-electron chi connectivity index (χ2n) is 6.97. The number of benzene rings is 1. The number of pyridine rings is 1. The molecular weight excluding hydrogens is 414 g/mol. The third-order valence-electron chi connectivity index (χ3n) is 4.33. The summed E-state index contributed by atoms with van der Waals surface area (Å²) in [6.45, 7) is 11.8. The van der Waals surface area contributed by atoms with Crippen LogP contribution in [0.4, 0.5) is 10.1 Å². The molecule has 0 radical (unpaired) electrons. The lowest BCUT2D eigenvalue weighted by molar-refractivity contribution is 0.195. The molecule has 2 aromatic rings. The summed E-state index contributed by atoms with van der Waals surface area (Å²) in [6.07, 6.45) is 3.88. The molecule has 3 rings (SSSR count). The van der Waals surface area contributed by atoms with E-state index < -0.39 is 5.83 Å². The Balaban J connectivity index is 0.000000284. The number of anilines is 1. The fraction of sp³-hybridized carbons (Fsp3) is 0.318. The van der Waals surface area contributed by atoms with Crippen LogP contribution in [-0.4, -0.2) is 23.8 Å². The minimum absolute atomic E-state index is 0.0730. The number of nitrogens with zero attached hydrogens (tertiary/aromatic N) is 1. The molecular formula is C22H25Cl2FN2O2. The zero-order valence-electron chi connectivity index (χ0n) is 16.6. The predicted molar refractivity (Wildman–Crippen MR) is 121 cm³/mol. The van der Waals surface area contributed by atoms with Crippen molar-refractivity contribution in [1.82, 2.24) is 4.57 Å². The fourth-order valence-electron chi connectivity index (χ4n) is 2.85. The lowest BCUT2D eigenvalue weighted by Crippen LogP contribution is -2.22. The number of fused-ring (bicyclic) bond motifs is 1. The molecule has 1 atom stereocenters. The van der Waals surface area contributed by atoms with Crippen LogP contribution in [0.3, 0.4) is 0 Å². The van der Waals surface area contributed by atoms with Gasteiger partial charge < -0.3 is 14.6 Å². The summed E-state index contributed by atoms with van der Waals surface area (Å²) >= 11 is 10.6. The van der Waals surface area contributed by atoms with E-state index in [9.17, 15) is 9.18 Å². The SMILES string of the molecule is C=C(F)/C=C(/Cl)C(=C)Cl.CC(C)n1ccc2ccc(NC3CCOC3)cc2c1=O. The Labute approximate surface area is 180 Å². The zero-order valence-corrected chi connectivity index (χ0v) is 18.1. The number of hydrogen-bond acceptors (Lipinski definition) is 3. The van der Waals surface area contributed by atoms with E-state index in [2.05, 4.69) is 18.5 Å². The highest BCUT2D eigenvalue weighted by Gasteiger charge is 2.15. The third-order valence-corrected chi connectivity index (χ3v) is 4.97. The maximum atomic E-state index is 12.5. The van der Waals surface area contributed by atoms with E-state index >= 15 is 0 Å². The van der Waals surface area contributed by atoms with Crippen molar-refractivity contribution in [3.8, 4) is 0 Å². The van der Waals surface area contributed by atoms with Gasteiger partial charge in [0.25, 0.3) is 5.56 Å². The standard InChI is InChI=1S/C16H20N2O2.C6H5Cl2F/c1-11(2)18-7-5-12-3-4-13(9-15(12)16(18)19)17-14-6-8-20-10-14;1-4(9)3-6(8)5(2)7/h3-5,7,9,11,14,17H,6,8,10H2,1-2H3;3H,1-2H2/b;6-3+. The predicted octanol–water partition coefficient (Wildman–Crippen LogP) is 6.13. The monoisotopic (exact) mass is 438 g/mol. The Hall–Kier alpha value is -2.08. The first-order chi connectivity index (χ1) is 13.7. The van der Waals surface area contributed by atoms with Gasteiger partial charge in [-0.15, -0.1) is 0 Å². The summed E-state index contributed by atoms with van der Waals surface area (Å²) in [6, 6.07) is 8.50. The summed E-state index contributed by atoms with van der Waals surface area (Å²) in [5.41, 5.74) is 1.07. The van der Waals surface area contributed by atoms with Crippen molar-refractivity contribution in [3.63, 3.8) is 0 Å². The van der Waals surface area contributed by atoms with Gasteiger partial charge in [-0.25, -0.2) is 4.39 Å². The summed E-state index contributed by atoms with van der Waals surface area (Å²) < 4.78 is 19.0. The minimum Gasteiger partial charge on any atom is -0.380 e. The van der Waals surface area contributed by atoms with Crippen molar-refractivity contribution in [2.75, 3.05) is 18.5 Å². The first-order valence-electron chi connectivity index (χ1n) is 9.24. The molecule has 2 heterocycles. The molecule has 4 nitrogen and oxygen atoms in total. The van der Waals surface area contributed by atoms with Crippen LogP contribution >= 0.6 is 23.2 Å². The van der Waals surface area contributed by atoms with Gasteiger partial charge in [-0.3, -0.25) is 4.79 Å². The molecule has 1 aromatic heterocycles. The average Bonchev–Trinajstić information content (AvgIpc) is 3.15. The van der Waals surface area contributed by atoms with E-state index in [1.165, 1.54) is 0 Å². The lowest BCUT2D eigenvalue weighted by Gasteiger charge is -2.14. The lowest BCUT2D eigenvalue weighted by atomic mass is 10.1. The van der Waals surface area contributed by atoms with E-state index in [4.69, 9.17) is 27.9 Å². The number of hydrogen-bond donors (Lipinski definition) is 1. The molecule has 1 saturated heterocycles. The normalized spacial score (nSPS) is 16.5. The Morgan fingerprint density at radius 1 is 1.34 bits per heavy atom. The van der Waals surface area contributed by atoms with Crippen molar-refractivity contribution in [3.05, 3.63) is 75.9 Å². The van der Waals surface area contributed by atoms with Gasteiger partial charge in [0.15, 0.2) is 0 Å². The molecule has 1 unspecified atom stereocenters. The summed E-state index contributed by atoms with van der Waals surface area (Å²) in [5.74, 6) is -0.637. The number of ether oxygens (including phenoxy) is 1. The Morgan fingerprint density at radius 3 is 2.59 bits per heavy atom. The van der Waals surface area contributed by atoms with E-state index in [0.29, 0.717) is 6.04 Å². The van der Waals surface area contributed by atoms with Gasteiger partial charge in [-0.2, -0.15) is 0 Å². The molecule has 1 aliphatic heterocycles. The molecule has 29 heavy (non-hydrogen) atoms. The Kier molecular flexibility index (Phi) is 8.50. The van der Waals surface area contributed by atoms with E-state index in [-0.39, 0.29) is 21.7 Å². The van der Waals surface area contributed by atoms with Crippen LogP contribution in [0, 0.1) is 0 Å². The van der Waals surface area contributed by atoms with Crippen molar-refractivity contribution < 1.29 is 9.13 Å².